The Morgan fingerprint density at radius 2 is 2.16 bits per heavy atom. The van der Waals surface area contributed by atoms with E-state index in [-0.39, 0.29) is 12.4 Å². The molecule has 6 nitrogen and oxygen atoms in total. The summed E-state index contributed by atoms with van der Waals surface area (Å²) >= 11 is 0. The van der Waals surface area contributed by atoms with Gasteiger partial charge >= 0.3 is 0 Å². The largest absolute Gasteiger partial charge is 0.493 e. The van der Waals surface area contributed by atoms with Crippen molar-refractivity contribution in [3.63, 3.8) is 0 Å². The zero-order valence-corrected chi connectivity index (χ0v) is 10.5. The van der Waals surface area contributed by atoms with Gasteiger partial charge in [-0.3, -0.25) is 4.79 Å². The van der Waals surface area contributed by atoms with Crippen LogP contribution in [0.1, 0.15) is 5.69 Å². The molecular formula is C13H12N2O4. The lowest BCUT2D eigenvalue weighted by Crippen LogP contribution is -2.08. The van der Waals surface area contributed by atoms with Crippen LogP contribution in [0.4, 0.5) is 0 Å². The number of aryl methyl sites for hydroxylation is 1. The first-order valence-electron chi connectivity index (χ1n) is 5.73. The van der Waals surface area contributed by atoms with Crippen LogP contribution in [0.15, 0.2) is 23.0 Å². The van der Waals surface area contributed by atoms with Gasteiger partial charge < -0.3 is 19.2 Å². The number of nitrogens with one attached hydrogen (secondary N) is 1. The molecule has 0 unspecified atom stereocenters. The highest BCUT2D eigenvalue weighted by Crippen LogP contribution is 2.43. The molecule has 0 saturated heterocycles. The van der Waals surface area contributed by atoms with E-state index < -0.39 is 0 Å². The quantitative estimate of drug-likeness (QED) is 0.885. The Morgan fingerprint density at radius 3 is 2.89 bits per heavy atom. The second kappa shape index (κ2) is 4.31. The second-order valence-electron chi connectivity index (χ2n) is 4.15. The van der Waals surface area contributed by atoms with E-state index in [0.29, 0.717) is 34.3 Å². The van der Waals surface area contributed by atoms with Crippen molar-refractivity contribution in [2.75, 3.05) is 13.9 Å². The molecule has 0 amide bonds. The molecule has 1 aromatic heterocycles. The lowest BCUT2D eigenvalue weighted by molar-refractivity contribution is 0.171. The monoisotopic (exact) mass is 260 g/mol. The van der Waals surface area contributed by atoms with E-state index in [1.807, 2.05) is 0 Å². The SMILES string of the molecule is COc1cc(-c2nc(C)cc(=O)[nH]2)cc2c1OCO2. The molecule has 19 heavy (non-hydrogen) atoms. The maximum Gasteiger partial charge on any atom is 0.251 e. The van der Waals surface area contributed by atoms with Crippen LogP contribution in [0, 0.1) is 6.92 Å². The number of rotatable bonds is 2. The van der Waals surface area contributed by atoms with Gasteiger partial charge in [-0.25, -0.2) is 4.98 Å². The number of methoxy groups -OCH3 is 1. The number of ether oxygens (including phenoxy) is 3. The summed E-state index contributed by atoms with van der Waals surface area (Å²) in [4.78, 5) is 18.5. The first-order valence-corrected chi connectivity index (χ1v) is 5.73. The number of H-pyrrole nitrogens is 1. The molecule has 1 aliphatic rings. The first kappa shape index (κ1) is 11.6. The Hall–Kier alpha value is -2.50. The normalized spacial score (nSPS) is 12.5. The van der Waals surface area contributed by atoms with Gasteiger partial charge in [0.1, 0.15) is 5.82 Å². The molecule has 0 atom stereocenters. The van der Waals surface area contributed by atoms with Crippen LogP contribution in [0.25, 0.3) is 11.4 Å². The summed E-state index contributed by atoms with van der Waals surface area (Å²) in [7, 11) is 1.55. The predicted molar refractivity (Wildman–Crippen MR) is 67.7 cm³/mol. The fourth-order valence-electron chi connectivity index (χ4n) is 1.98. The highest BCUT2D eigenvalue weighted by atomic mass is 16.7. The highest BCUT2D eigenvalue weighted by molar-refractivity contribution is 5.67. The van der Waals surface area contributed by atoms with Crippen LogP contribution in [0.2, 0.25) is 0 Å². The third kappa shape index (κ3) is 2.01. The topological polar surface area (TPSA) is 73.4 Å². The molecule has 3 rings (SSSR count). The summed E-state index contributed by atoms with van der Waals surface area (Å²) in [6.07, 6.45) is 0. The first-order chi connectivity index (χ1) is 9.17. The van der Waals surface area contributed by atoms with Gasteiger partial charge in [0.05, 0.1) is 7.11 Å². The van der Waals surface area contributed by atoms with Gasteiger partial charge in [0.25, 0.3) is 5.56 Å². The van der Waals surface area contributed by atoms with E-state index in [9.17, 15) is 4.79 Å². The zero-order valence-electron chi connectivity index (χ0n) is 10.5. The minimum Gasteiger partial charge on any atom is -0.493 e. The van der Waals surface area contributed by atoms with Crippen molar-refractivity contribution in [2.45, 2.75) is 6.92 Å². The molecule has 1 aromatic carbocycles. The van der Waals surface area contributed by atoms with E-state index in [4.69, 9.17) is 14.2 Å². The van der Waals surface area contributed by atoms with E-state index in [2.05, 4.69) is 9.97 Å². The van der Waals surface area contributed by atoms with Crippen LogP contribution in [-0.2, 0) is 0 Å². The number of fused-ring (bicyclic) bond motifs is 1. The van der Waals surface area contributed by atoms with Gasteiger partial charge in [-0.05, 0) is 19.1 Å². The van der Waals surface area contributed by atoms with Crippen molar-refractivity contribution >= 4 is 0 Å². The van der Waals surface area contributed by atoms with Gasteiger partial charge in [0, 0.05) is 17.3 Å². The van der Waals surface area contributed by atoms with E-state index >= 15 is 0 Å². The number of aromatic nitrogens is 2. The van der Waals surface area contributed by atoms with E-state index in [1.54, 1.807) is 26.2 Å². The molecule has 1 N–H and O–H groups in total. The smallest absolute Gasteiger partial charge is 0.251 e. The Bertz CT molecular complexity index is 694. The molecule has 0 bridgehead atoms. The maximum absolute atomic E-state index is 11.5. The van der Waals surface area contributed by atoms with Crippen molar-refractivity contribution in [1.82, 2.24) is 9.97 Å². The predicted octanol–water partition coefficient (Wildman–Crippen LogP) is 1.48. The number of hydrogen-bond acceptors (Lipinski definition) is 5. The molecule has 0 spiro atoms. The Kier molecular flexibility index (Phi) is 2.63. The Labute approximate surface area is 109 Å². The van der Waals surface area contributed by atoms with E-state index in [0.717, 1.165) is 0 Å². The number of benzene rings is 1. The minimum absolute atomic E-state index is 0.160. The van der Waals surface area contributed by atoms with Crippen molar-refractivity contribution in [3.05, 3.63) is 34.2 Å². The molecule has 0 fully saturated rings. The highest BCUT2D eigenvalue weighted by Gasteiger charge is 2.21. The molecule has 98 valence electrons. The summed E-state index contributed by atoms with van der Waals surface area (Å²) in [5, 5.41) is 0. The zero-order chi connectivity index (χ0) is 13.4. The van der Waals surface area contributed by atoms with Gasteiger partial charge in [0.2, 0.25) is 12.5 Å². The molecular weight excluding hydrogens is 248 g/mol. The Balaban J connectivity index is 2.18. The van der Waals surface area contributed by atoms with Crippen LogP contribution in [0.5, 0.6) is 17.2 Å². The van der Waals surface area contributed by atoms with Crippen LogP contribution < -0.4 is 19.8 Å². The molecule has 0 saturated carbocycles. The maximum atomic E-state index is 11.5. The summed E-state index contributed by atoms with van der Waals surface area (Å²) in [6.45, 7) is 1.93. The van der Waals surface area contributed by atoms with Gasteiger partial charge in [-0.15, -0.1) is 0 Å². The van der Waals surface area contributed by atoms with Gasteiger partial charge in [-0.2, -0.15) is 0 Å². The molecule has 1 aliphatic heterocycles. The molecule has 6 heteroatoms. The molecule has 2 aromatic rings. The fraction of sp³-hybridized carbons (Fsp3) is 0.231. The third-order valence-corrected chi connectivity index (χ3v) is 2.80. The van der Waals surface area contributed by atoms with Crippen LogP contribution >= 0.6 is 0 Å². The number of nitrogens with zero attached hydrogens (tertiary/aromatic N) is 1. The van der Waals surface area contributed by atoms with Crippen LogP contribution in [0.3, 0.4) is 0 Å². The van der Waals surface area contributed by atoms with E-state index in [1.165, 1.54) is 6.07 Å². The summed E-state index contributed by atoms with van der Waals surface area (Å²) < 4.78 is 15.9. The van der Waals surface area contributed by atoms with Crippen LogP contribution in [-0.4, -0.2) is 23.9 Å². The minimum atomic E-state index is -0.195. The van der Waals surface area contributed by atoms with Crippen molar-refractivity contribution in [2.24, 2.45) is 0 Å². The molecule has 0 aliphatic carbocycles. The third-order valence-electron chi connectivity index (χ3n) is 2.80. The second-order valence-corrected chi connectivity index (χ2v) is 4.15. The number of aromatic amines is 1. The summed E-state index contributed by atoms with van der Waals surface area (Å²) in [5.41, 5.74) is 1.16. The van der Waals surface area contributed by atoms with Crippen molar-refractivity contribution in [3.8, 4) is 28.6 Å². The van der Waals surface area contributed by atoms with Crippen molar-refractivity contribution in [1.29, 1.82) is 0 Å². The standard InChI is InChI=1S/C13H12N2O4/c1-7-3-11(16)15-13(14-7)8-4-9(17-2)12-10(5-8)18-6-19-12/h3-5H,6H2,1-2H3,(H,14,15,16). The summed E-state index contributed by atoms with van der Waals surface area (Å²) in [6, 6.07) is 4.96. The summed E-state index contributed by atoms with van der Waals surface area (Å²) in [5.74, 6) is 2.18. The van der Waals surface area contributed by atoms with Gasteiger partial charge in [0.15, 0.2) is 11.5 Å². The molecule has 0 radical (unpaired) electrons. The lowest BCUT2D eigenvalue weighted by Gasteiger charge is -2.08. The lowest BCUT2D eigenvalue weighted by atomic mass is 10.1. The average molecular weight is 260 g/mol. The average Bonchev–Trinajstić information content (AvgIpc) is 2.84. The number of hydrogen-bond donors (Lipinski definition) is 1. The van der Waals surface area contributed by atoms with Crippen molar-refractivity contribution < 1.29 is 14.2 Å². The Morgan fingerprint density at radius 1 is 1.32 bits per heavy atom. The van der Waals surface area contributed by atoms with Gasteiger partial charge in [-0.1, -0.05) is 0 Å². The molecule has 2 heterocycles. The fourth-order valence-corrected chi connectivity index (χ4v) is 1.98.